The molecule has 3 nitrogen and oxygen atoms in total. The molecule has 0 aromatic carbocycles. The van der Waals surface area contributed by atoms with Crippen molar-refractivity contribution >= 4 is 0 Å². The Balaban J connectivity index is 1.93. The lowest BCUT2D eigenvalue weighted by atomic mass is 10.0. The van der Waals surface area contributed by atoms with Crippen LogP contribution in [0, 0.1) is 5.92 Å². The van der Waals surface area contributed by atoms with E-state index < -0.39 is 0 Å². The van der Waals surface area contributed by atoms with E-state index in [1.54, 1.807) is 0 Å². The number of ether oxygens (including phenoxy) is 1. The van der Waals surface area contributed by atoms with Gasteiger partial charge in [0.05, 0.1) is 13.2 Å². The average Bonchev–Trinajstić information content (AvgIpc) is 2.30. The van der Waals surface area contributed by atoms with Crippen molar-refractivity contribution in [3.8, 4) is 0 Å². The third kappa shape index (κ3) is 7.74. The Kier molecular flexibility index (Phi) is 7.82. The van der Waals surface area contributed by atoms with Crippen LogP contribution in [-0.4, -0.2) is 50.3 Å². The van der Waals surface area contributed by atoms with Crippen molar-refractivity contribution in [2.45, 2.75) is 46.1 Å². The molecule has 0 saturated carbocycles. The highest BCUT2D eigenvalue weighted by Gasteiger charge is 2.09. The van der Waals surface area contributed by atoms with E-state index in [0.717, 1.165) is 45.3 Å². The Morgan fingerprint density at radius 3 is 2.47 bits per heavy atom. The fraction of sp³-hybridized carbons (Fsp3) is 1.00. The second-order valence-electron chi connectivity index (χ2n) is 5.63. The molecule has 1 fully saturated rings. The van der Waals surface area contributed by atoms with Crippen molar-refractivity contribution in [3.05, 3.63) is 0 Å². The zero-order chi connectivity index (χ0) is 12.5. The van der Waals surface area contributed by atoms with E-state index in [0.29, 0.717) is 6.04 Å². The summed E-state index contributed by atoms with van der Waals surface area (Å²) in [6, 6.07) is 0.662. The van der Waals surface area contributed by atoms with E-state index in [9.17, 15) is 0 Å². The minimum absolute atomic E-state index is 0.662. The van der Waals surface area contributed by atoms with E-state index in [-0.39, 0.29) is 0 Å². The van der Waals surface area contributed by atoms with Gasteiger partial charge in [0.2, 0.25) is 0 Å². The maximum Gasteiger partial charge on any atom is 0.0594 e. The number of hydrogen-bond acceptors (Lipinski definition) is 3. The predicted molar refractivity (Wildman–Crippen MR) is 73.4 cm³/mol. The summed E-state index contributed by atoms with van der Waals surface area (Å²) >= 11 is 0. The van der Waals surface area contributed by atoms with E-state index in [4.69, 9.17) is 4.74 Å². The number of hydrogen-bond donors (Lipinski definition) is 1. The standard InChI is InChI=1S/C14H30N2O/c1-13(2)5-4-6-14(3)15-7-8-16-9-11-17-12-10-16/h13-15H,4-12H2,1-3H3. The van der Waals surface area contributed by atoms with Crippen molar-refractivity contribution in [1.29, 1.82) is 0 Å². The molecule has 0 spiro atoms. The normalized spacial score (nSPS) is 19.8. The maximum atomic E-state index is 5.34. The first-order chi connectivity index (χ1) is 8.18. The summed E-state index contributed by atoms with van der Waals surface area (Å²) in [6.45, 7) is 13.2. The summed E-state index contributed by atoms with van der Waals surface area (Å²) in [5.41, 5.74) is 0. The van der Waals surface area contributed by atoms with Gasteiger partial charge in [0.25, 0.3) is 0 Å². The molecule has 0 aromatic rings. The molecular formula is C14H30N2O. The molecule has 0 aromatic heterocycles. The molecule has 3 heteroatoms. The third-order valence-electron chi connectivity index (χ3n) is 3.44. The Morgan fingerprint density at radius 1 is 1.12 bits per heavy atom. The fourth-order valence-electron chi connectivity index (χ4n) is 2.23. The summed E-state index contributed by atoms with van der Waals surface area (Å²) in [7, 11) is 0. The van der Waals surface area contributed by atoms with Crippen molar-refractivity contribution in [2.75, 3.05) is 39.4 Å². The fourth-order valence-corrected chi connectivity index (χ4v) is 2.23. The molecule has 1 saturated heterocycles. The van der Waals surface area contributed by atoms with Gasteiger partial charge in [-0.3, -0.25) is 4.90 Å². The van der Waals surface area contributed by atoms with Gasteiger partial charge in [-0.15, -0.1) is 0 Å². The molecule has 1 aliphatic heterocycles. The van der Waals surface area contributed by atoms with Crippen LogP contribution in [0.2, 0.25) is 0 Å². The third-order valence-corrected chi connectivity index (χ3v) is 3.44. The Labute approximate surface area is 107 Å². The number of nitrogens with one attached hydrogen (secondary N) is 1. The van der Waals surface area contributed by atoms with E-state index in [1.165, 1.54) is 19.3 Å². The van der Waals surface area contributed by atoms with Crippen LogP contribution >= 0.6 is 0 Å². The molecule has 102 valence electrons. The summed E-state index contributed by atoms with van der Waals surface area (Å²) < 4.78 is 5.34. The van der Waals surface area contributed by atoms with E-state index in [2.05, 4.69) is 31.0 Å². The lowest BCUT2D eigenvalue weighted by Gasteiger charge is -2.27. The van der Waals surface area contributed by atoms with Crippen molar-refractivity contribution in [1.82, 2.24) is 10.2 Å². The largest absolute Gasteiger partial charge is 0.379 e. The van der Waals surface area contributed by atoms with Gasteiger partial charge in [-0.05, 0) is 19.3 Å². The smallest absolute Gasteiger partial charge is 0.0594 e. The van der Waals surface area contributed by atoms with Gasteiger partial charge in [-0.25, -0.2) is 0 Å². The van der Waals surface area contributed by atoms with Crippen LogP contribution in [0.1, 0.15) is 40.0 Å². The Morgan fingerprint density at radius 2 is 1.82 bits per heavy atom. The van der Waals surface area contributed by atoms with Crippen LogP contribution in [0.5, 0.6) is 0 Å². The maximum absolute atomic E-state index is 5.34. The van der Waals surface area contributed by atoms with Gasteiger partial charge in [-0.1, -0.05) is 26.7 Å². The van der Waals surface area contributed by atoms with Gasteiger partial charge in [-0.2, -0.15) is 0 Å². The minimum Gasteiger partial charge on any atom is -0.379 e. The molecule has 1 aliphatic rings. The molecule has 0 amide bonds. The van der Waals surface area contributed by atoms with E-state index in [1.807, 2.05) is 0 Å². The topological polar surface area (TPSA) is 24.5 Å². The molecule has 0 bridgehead atoms. The molecule has 0 aliphatic carbocycles. The van der Waals surface area contributed by atoms with Gasteiger partial charge in [0, 0.05) is 32.2 Å². The highest BCUT2D eigenvalue weighted by Crippen LogP contribution is 2.08. The number of rotatable bonds is 8. The quantitative estimate of drug-likeness (QED) is 0.705. The van der Waals surface area contributed by atoms with E-state index >= 15 is 0 Å². The lowest BCUT2D eigenvalue weighted by Crippen LogP contribution is -2.41. The Hall–Kier alpha value is -0.120. The molecule has 1 rings (SSSR count). The highest BCUT2D eigenvalue weighted by atomic mass is 16.5. The first kappa shape index (κ1) is 14.9. The zero-order valence-corrected chi connectivity index (χ0v) is 11.9. The summed E-state index contributed by atoms with van der Waals surface area (Å²) in [4.78, 5) is 2.48. The molecule has 0 radical (unpaired) electrons. The van der Waals surface area contributed by atoms with Gasteiger partial charge in [0.1, 0.15) is 0 Å². The zero-order valence-electron chi connectivity index (χ0n) is 11.9. The van der Waals surface area contributed by atoms with Crippen LogP contribution in [0.3, 0.4) is 0 Å². The van der Waals surface area contributed by atoms with Crippen LogP contribution in [0.15, 0.2) is 0 Å². The highest BCUT2D eigenvalue weighted by molar-refractivity contribution is 4.66. The monoisotopic (exact) mass is 242 g/mol. The van der Waals surface area contributed by atoms with Gasteiger partial charge in [0.15, 0.2) is 0 Å². The second-order valence-corrected chi connectivity index (χ2v) is 5.63. The number of morpholine rings is 1. The van der Waals surface area contributed by atoms with Crippen LogP contribution in [-0.2, 0) is 4.74 Å². The van der Waals surface area contributed by atoms with Crippen LogP contribution in [0.4, 0.5) is 0 Å². The summed E-state index contributed by atoms with van der Waals surface area (Å²) in [5, 5.41) is 3.62. The molecule has 1 unspecified atom stereocenters. The Bertz CT molecular complexity index is 179. The first-order valence-corrected chi connectivity index (χ1v) is 7.22. The lowest BCUT2D eigenvalue weighted by molar-refractivity contribution is 0.0381. The predicted octanol–water partition coefficient (Wildman–Crippen LogP) is 2.12. The SMILES string of the molecule is CC(C)CCCC(C)NCCN1CCOCC1. The van der Waals surface area contributed by atoms with Crippen molar-refractivity contribution in [3.63, 3.8) is 0 Å². The van der Waals surface area contributed by atoms with Crippen LogP contribution in [0.25, 0.3) is 0 Å². The number of nitrogens with zero attached hydrogens (tertiary/aromatic N) is 1. The molecule has 1 atom stereocenters. The van der Waals surface area contributed by atoms with Crippen LogP contribution < -0.4 is 5.32 Å². The van der Waals surface area contributed by atoms with Gasteiger partial charge < -0.3 is 10.1 Å². The summed E-state index contributed by atoms with van der Waals surface area (Å²) in [6.07, 6.45) is 4.01. The summed E-state index contributed by atoms with van der Waals surface area (Å²) in [5.74, 6) is 0.843. The molecular weight excluding hydrogens is 212 g/mol. The molecule has 1 heterocycles. The first-order valence-electron chi connectivity index (χ1n) is 7.22. The molecule has 1 N–H and O–H groups in total. The average molecular weight is 242 g/mol. The van der Waals surface area contributed by atoms with Crippen molar-refractivity contribution in [2.24, 2.45) is 5.92 Å². The minimum atomic E-state index is 0.662. The van der Waals surface area contributed by atoms with Gasteiger partial charge >= 0.3 is 0 Å². The second kappa shape index (κ2) is 8.90. The molecule has 17 heavy (non-hydrogen) atoms. The van der Waals surface area contributed by atoms with Crippen molar-refractivity contribution < 1.29 is 4.74 Å².